The van der Waals surface area contributed by atoms with Crippen LogP contribution >= 0.6 is 0 Å². The molecule has 0 saturated carbocycles. The first-order valence-corrected chi connectivity index (χ1v) is 4.67. The third kappa shape index (κ3) is 3.51. The maximum atomic E-state index is 4.43. The van der Waals surface area contributed by atoms with Crippen LogP contribution in [0.25, 0.3) is 0 Å². The van der Waals surface area contributed by atoms with Crippen molar-refractivity contribution in [3.63, 3.8) is 0 Å². The summed E-state index contributed by atoms with van der Waals surface area (Å²) in [4.78, 5) is 8.65. The van der Waals surface area contributed by atoms with Gasteiger partial charge in [-0.2, -0.15) is 0 Å². The van der Waals surface area contributed by atoms with E-state index in [9.17, 15) is 0 Å². The van der Waals surface area contributed by atoms with Crippen molar-refractivity contribution < 1.29 is 0 Å². The quantitative estimate of drug-likeness (QED) is 0.759. The van der Waals surface area contributed by atoms with Crippen LogP contribution in [-0.4, -0.2) is 17.0 Å². The van der Waals surface area contributed by atoms with Crippen LogP contribution in [0.5, 0.6) is 0 Å². The molecule has 1 N–H and O–H groups in total. The normalized spacial score (nSPS) is 10.8. The van der Waals surface area contributed by atoms with Crippen LogP contribution in [0.2, 0.25) is 0 Å². The van der Waals surface area contributed by atoms with Crippen molar-refractivity contribution in [3.05, 3.63) is 23.8 Å². The Bertz CT molecular complexity index is 258. The van der Waals surface area contributed by atoms with E-state index in [1.165, 1.54) is 0 Å². The summed E-state index contributed by atoms with van der Waals surface area (Å²) in [5, 5.41) is 3.07. The topological polar surface area (TPSA) is 37.8 Å². The maximum Gasteiger partial charge on any atom is 0.128 e. The molecule has 0 atom stereocenters. The predicted octanol–water partition coefficient (Wildman–Crippen LogP) is 1.39. The Morgan fingerprint density at radius 2 is 2.23 bits per heavy atom. The van der Waals surface area contributed by atoms with E-state index >= 15 is 0 Å². The van der Waals surface area contributed by atoms with Gasteiger partial charge in [-0.25, -0.2) is 9.97 Å². The second-order valence-electron chi connectivity index (χ2n) is 3.59. The summed E-state index contributed by atoms with van der Waals surface area (Å²) >= 11 is 0. The van der Waals surface area contributed by atoms with Crippen molar-refractivity contribution in [1.29, 1.82) is 0 Å². The van der Waals surface area contributed by atoms with Crippen LogP contribution in [0.1, 0.15) is 25.4 Å². The fourth-order valence-electron chi connectivity index (χ4n) is 1.18. The molecule has 0 aliphatic heterocycles. The molecule has 0 radical (unpaired) electrons. The van der Waals surface area contributed by atoms with Crippen molar-refractivity contribution in [2.24, 2.45) is 5.92 Å². The highest BCUT2D eigenvalue weighted by Crippen LogP contribution is 2.03. The predicted molar refractivity (Wildman–Crippen MR) is 53.3 cm³/mol. The van der Waals surface area contributed by atoms with E-state index in [0.717, 1.165) is 24.5 Å². The maximum absolute atomic E-state index is 4.43. The first-order chi connectivity index (χ1) is 6.22. The highest BCUT2D eigenvalue weighted by Gasteiger charge is 2.01. The van der Waals surface area contributed by atoms with E-state index in [0.29, 0.717) is 5.92 Å². The molecule has 1 heterocycles. The molecule has 0 aliphatic carbocycles. The van der Waals surface area contributed by atoms with Crippen molar-refractivity contribution in [2.75, 3.05) is 7.05 Å². The SMILES string of the molecule is CNCc1ccnc(CC(C)C)n1. The Labute approximate surface area is 79.6 Å². The first-order valence-electron chi connectivity index (χ1n) is 4.67. The monoisotopic (exact) mass is 179 g/mol. The van der Waals surface area contributed by atoms with Crippen LogP contribution in [0.15, 0.2) is 12.3 Å². The summed E-state index contributed by atoms with van der Waals surface area (Å²) in [7, 11) is 1.92. The van der Waals surface area contributed by atoms with Crippen LogP contribution in [0.4, 0.5) is 0 Å². The van der Waals surface area contributed by atoms with Gasteiger partial charge in [-0.05, 0) is 19.0 Å². The van der Waals surface area contributed by atoms with Crippen molar-refractivity contribution in [2.45, 2.75) is 26.8 Å². The molecule has 1 rings (SSSR count). The molecule has 0 aromatic carbocycles. The average molecular weight is 179 g/mol. The summed E-state index contributed by atoms with van der Waals surface area (Å²) < 4.78 is 0. The number of nitrogens with zero attached hydrogens (tertiary/aromatic N) is 2. The fourth-order valence-corrected chi connectivity index (χ4v) is 1.18. The number of rotatable bonds is 4. The second-order valence-corrected chi connectivity index (χ2v) is 3.59. The van der Waals surface area contributed by atoms with Gasteiger partial charge in [-0.15, -0.1) is 0 Å². The van der Waals surface area contributed by atoms with Gasteiger partial charge in [0, 0.05) is 19.2 Å². The molecule has 0 fully saturated rings. The van der Waals surface area contributed by atoms with E-state index in [4.69, 9.17) is 0 Å². The molecule has 3 nitrogen and oxygen atoms in total. The Morgan fingerprint density at radius 3 is 2.85 bits per heavy atom. The zero-order valence-corrected chi connectivity index (χ0v) is 8.54. The lowest BCUT2D eigenvalue weighted by molar-refractivity contribution is 0.615. The number of hydrogen-bond acceptors (Lipinski definition) is 3. The molecule has 0 spiro atoms. The van der Waals surface area contributed by atoms with E-state index in [1.54, 1.807) is 0 Å². The summed E-state index contributed by atoms with van der Waals surface area (Å²) in [6, 6.07) is 1.94. The van der Waals surface area contributed by atoms with E-state index in [2.05, 4.69) is 29.1 Å². The molecule has 1 aromatic heterocycles. The van der Waals surface area contributed by atoms with Gasteiger partial charge in [0.25, 0.3) is 0 Å². The lowest BCUT2D eigenvalue weighted by Gasteiger charge is -2.04. The minimum atomic E-state index is 0.616. The van der Waals surface area contributed by atoms with Crippen LogP contribution in [0, 0.1) is 5.92 Å². The molecular weight excluding hydrogens is 162 g/mol. The van der Waals surface area contributed by atoms with Gasteiger partial charge >= 0.3 is 0 Å². The van der Waals surface area contributed by atoms with Crippen LogP contribution < -0.4 is 5.32 Å². The Kier molecular flexibility index (Phi) is 3.83. The van der Waals surface area contributed by atoms with Gasteiger partial charge in [-0.1, -0.05) is 13.8 Å². The van der Waals surface area contributed by atoms with Gasteiger partial charge in [0.05, 0.1) is 5.69 Å². The van der Waals surface area contributed by atoms with E-state index in [-0.39, 0.29) is 0 Å². The van der Waals surface area contributed by atoms with Crippen LogP contribution in [-0.2, 0) is 13.0 Å². The zero-order chi connectivity index (χ0) is 9.68. The molecule has 3 heteroatoms. The summed E-state index contributed by atoms with van der Waals surface area (Å²) in [6.45, 7) is 5.16. The highest BCUT2D eigenvalue weighted by atomic mass is 14.9. The molecule has 0 amide bonds. The van der Waals surface area contributed by atoms with E-state index < -0.39 is 0 Å². The largest absolute Gasteiger partial charge is 0.314 e. The van der Waals surface area contributed by atoms with Crippen molar-refractivity contribution in [1.82, 2.24) is 15.3 Å². The van der Waals surface area contributed by atoms with Gasteiger partial charge in [0.1, 0.15) is 5.82 Å². The molecule has 1 aromatic rings. The fraction of sp³-hybridized carbons (Fsp3) is 0.600. The molecule has 13 heavy (non-hydrogen) atoms. The summed E-state index contributed by atoms with van der Waals surface area (Å²) in [5.74, 6) is 1.56. The van der Waals surface area contributed by atoms with Gasteiger partial charge in [0.2, 0.25) is 0 Å². The summed E-state index contributed by atoms with van der Waals surface area (Å²) in [5.41, 5.74) is 1.06. The van der Waals surface area contributed by atoms with Gasteiger partial charge in [-0.3, -0.25) is 0 Å². The Balaban J connectivity index is 2.67. The highest BCUT2D eigenvalue weighted by molar-refractivity contribution is 5.02. The molecule has 72 valence electrons. The number of hydrogen-bond donors (Lipinski definition) is 1. The Morgan fingerprint density at radius 1 is 1.46 bits per heavy atom. The van der Waals surface area contributed by atoms with Gasteiger partial charge in [0.15, 0.2) is 0 Å². The van der Waals surface area contributed by atoms with E-state index in [1.807, 2.05) is 19.3 Å². The third-order valence-electron chi connectivity index (χ3n) is 1.71. The van der Waals surface area contributed by atoms with Gasteiger partial charge < -0.3 is 5.32 Å². The lowest BCUT2D eigenvalue weighted by Crippen LogP contribution is -2.09. The average Bonchev–Trinajstić information content (AvgIpc) is 2.04. The molecular formula is C10H17N3. The number of nitrogens with one attached hydrogen (secondary N) is 1. The second kappa shape index (κ2) is 4.92. The van der Waals surface area contributed by atoms with Crippen LogP contribution in [0.3, 0.4) is 0 Å². The standard InChI is InChI=1S/C10H17N3/c1-8(2)6-10-12-5-4-9(13-10)7-11-3/h4-5,8,11H,6-7H2,1-3H3. The molecule has 0 bridgehead atoms. The van der Waals surface area contributed by atoms with Crippen molar-refractivity contribution >= 4 is 0 Å². The lowest BCUT2D eigenvalue weighted by atomic mass is 10.1. The summed E-state index contributed by atoms with van der Waals surface area (Å²) in [6.07, 6.45) is 2.79. The third-order valence-corrected chi connectivity index (χ3v) is 1.71. The zero-order valence-electron chi connectivity index (χ0n) is 8.54. The smallest absolute Gasteiger partial charge is 0.128 e. The van der Waals surface area contributed by atoms with Crippen molar-refractivity contribution in [3.8, 4) is 0 Å². The number of aromatic nitrogens is 2. The minimum Gasteiger partial charge on any atom is -0.314 e. The Hall–Kier alpha value is -0.960. The molecule has 0 aliphatic rings. The molecule has 0 saturated heterocycles. The molecule has 0 unspecified atom stereocenters. The first kappa shape index (κ1) is 10.1. The minimum absolute atomic E-state index is 0.616.